The molecule has 0 aliphatic rings. The number of amides is 1. The molecule has 3 rings (SSSR count). The lowest BCUT2D eigenvalue weighted by molar-refractivity contribution is -0.115. The van der Waals surface area contributed by atoms with Crippen molar-refractivity contribution in [3.05, 3.63) is 58.1 Å². The normalized spacial score (nSPS) is 12.0. The van der Waals surface area contributed by atoms with Gasteiger partial charge in [0.25, 0.3) is 0 Å². The Bertz CT molecular complexity index is 946. The van der Waals surface area contributed by atoms with Crippen LogP contribution >= 0.6 is 35.0 Å². The number of carbonyl (C=O) groups is 1. The van der Waals surface area contributed by atoms with Crippen LogP contribution in [-0.4, -0.2) is 31.4 Å². The molecular weight excluding hydrogens is 393 g/mol. The quantitative estimate of drug-likeness (QED) is 0.634. The van der Waals surface area contributed by atoms with Crippen molar-refractivity contribution in [2.24, 2.45) is 0 Å². The summed E-state index contributed by atoms with van der Waals surface area (Å²) in [7, 11) is 0. The van der Waals surface area contributed by atoms with Gasteiger partial charge in [0.1, 0.15) is 0 Å². The fraction of sp³-hybridized carbons (Fsp3) is 0.176. The van der Waals surface area contributed by atoms with Crippen LogP contribution in [0.5, 0.6) is 0 Å². The molecule has 134 valence electrons. The number of aromatic nitrogens is 4. The van der Waals surface area contributed by atoms with E-state index in [1.54, 1.807) is 29.8 Å². The molecular formula is C17H15Cl2N5OS. The largest absolute Gasteiger partial charge is 0.324 e. The number of anilines is 1. The van der Waals surface area contributed by atoms with E-state index in [1.807, 2.05) is 31.2 Å². The molecule has 2 aromatic carbocycles. The molecule has 1 heterocycles. The summed E-state index contributed by atoms with van der Waals surface area (Å²) in [5.41, 5.74) is 2.41. The van der Waals surface area contributed by atoms with Crippen molar-refractivity contribution >= 4 is 46.6 Å². The number of rotatable bonds is 5. The van der Waals surface area contributed by atoms with Crippen LogP contribution in [0.2, 0.25) is 10.0 Å². The van der Waals surface area contributed by atoms with Crippen molar-refractivity contribution in [2.75, 3.05) is 5.32 Å². The lowest BCUT2D eigenvalue weighted by atomic mass is 10.2. The molecule has 0 aliphatic heterocycles. The summed E-state index contributed by atoms with van der Waals surface area (Å²) in [5.74, 6) is -0.210. The Morgan fingerprint density at radius 3 is 2.73 bits per heavy atom. The number of nitrogens with zero attached hydrogens (tertiary/aromatic N) is 4. The summed E-state index contributed by atoms with van der Waals surface area (Å²) in [4.78, 5) is 12.5. The lowest BCUT2D eigenvalue weighted by Gasteiger charge is -2.13. The topological polar surface area (TPSA) is 72.7 Å². The second-order valence-corrected chi connectivity index (χ2v) is 7.68. The molecule has 0 saturated heterocycles. The van der Waals surface area contributed by atoms with Gasteiger partial charge in [0.2, 0.25) is 11.1 Å². The summed E-state index contributed by atoms with van der Waals surface area (Å²) in [6, 6.07) is 12.7. The van der Waals surface area contributed by atoms with Gasteiger partial charge in [0.15, 0.2) is 0 Å². The fourth-order valence-corrected chi connectivity index (χ4v) is 3.50. The number of hydrogen-bond donors (Lipinski definition) is 1. The molecule has 1 N–H and O–H groups in total. The number of nitrogens with one attached hydrogen (secondary N) is 1. The second-order valence-electron chi connectivity index (χ2n) is 5.53. The van der Waals surface area contributed by atoms with Crippen LogP contribution in [-0.2, 0) is 4.79 Å². The molecule has 1 atom stereocenters. The minimum atomic E-state index is -0.435. The maximum Gasteiger partial charge on any atom is 0.237 e. The number of carbonyl (C=O) groups excluding carboxylic acids is 1. The van der Waals surface area contributed by atoms with Crippen molar-refractivity contribution < 1.29 is 4.79 Å². The SMILES string of the molecule is Cc1ccccc1-n1nnnc1S[C@@H](C)C(=O)Nc1ccc(Cl)cc1Cl. The minimum Gasteiger partial charge on any atom is -0.324 e. The second kappa shape index (κ2) is 8.07. The van der Waals surface area contributed by atoms with Crippen molar-refractivity contribution in [3.63, 3.8) is 0 Å². The Morgan fingerprint density at radius 1 is 1.23 bits per heavy atom. The molecule has 0 bridgehead atoms. The summed E-state index contributed by atoms with van der Waals surface area (Å²) < 4.78 is 1.62. The van der Waals surface area contributed by atoms with E-state index in [0.717, 1.165) is 11.3 Å². The van der Waals surface area contributed by atoms with Crippen LogP contribution in [0, 0.1) is 6.92 Å². The van der Waals surface area contributed by atoms with Crippen molar-refractivity contribution in [1.29, 1.82) is 0 Å². The molecule has 0 fully saturated rings. The summed E-state index contributed by atoms with van der Waals surface area (Å²) >= 11 is 13.2. The highest BCUT2D eigenvalue weighted by molar-refractivity contribution is 8.00. The monoisotopic (exact) mass is 407 g/mol. The Kier molecular flexibility index (Phi) is 5.80. The number of thioether (sulfide) groups is 1. The third-order valence-electron chi connectivity index (χ3n) is 3.62. The van der Waals surface area contributed by atoms with Gasteiger partial charge in [0.05, 0.1) is 21.6 Å². The van der Waals surface area contributed by atoms with Gasteiger partial charge in [-0.25, -0.2) is 0 Å². The van der Waals surface area contributed by atoms with Gasteiger partial charge in [0, 0.05) is 5.02 Å². The first-order valence-corrected chi connectivity index (χ1v) is 9.36. The standard InChI is InChI=1S/C17H15Cl2N5OS/c1-10-5-3-4-6-15(10)24-17(21-22-23-24)26-11(2)16(25)20-14-8-7-12(18)9-13(14)19/h3-9,11H,1-2H3,(H,20,25)/t11-/m0/s1. The zero-order valence-corrected chi connectivity index (χ0v) is 16.3. The van der Waals surface area contributed by atoms with Gasteiger partial charge in [-0.3, -0.25) is 4.79 Å². The van der Waals surface area contributed by atoms with E-state index in [-0.39, 0.29) is 5.91 Å². The maximum atomic E-state index is 12.5. The maximum absolute atomic E-state index is 12.5. The molecule has 1 aromatic heterocycles. The van der Waals surface area contributed by atoms with E-state index < -0.39 is 5.25 Å². The molecule has 6 nitrogen and oxygen atoms in total. The minimum absolute atomic E-state index is 0.210. The highest BCUT2D eigenvalue weighted by atomic mass is 35.5. The first-order chi connectivity index (χ1) is 12.5. The Hall–Kier alpha value is -2.09. The predicted molar refractivity (Wildman–Crippen MR) is 104 cm³/mol. The zero-order chi connectivity index (χ0) is 18.7. The van der Waals surface area contributed by atoms with E-state index in [0.29, 0.717) is 20.9 Å². The average molecular weight is 408 g/mol. The number of halogens is 2. The molecule has 0 unspecified atom stereocenters. The molecule has 0 saturated carbocycles. The van der Waals surface area contributed by atoms with Crippen LogP contribution in [0.3, 0.4) is 0 Å². The molecule has 0 spiro atoms. The Labute approximate surface area is 164 Å². The van der Waals surface area contributed by atoms with Gasteiger partial charge in [-0.05, 0) is 54.1 Å². The lowest BCUT2D eigenvalue weighted by Crippen LogP contribution is -2.23. The Morgan fingerprint density at radius 2 is 2.00 bits per heavy atom. The zero-order valence-electron chi connectivity index (χ0n) is 14.0. The predicted octanol–water partition coefficient (Wildman–Crippen LogP) is 4.40. The van der Waals surface area contributed by atoms with Gasteiger partial charge < -0.3 is 5.32 Å². The van der Waals surface area contributed by atoms with Crippen LogP contribution in [0.4, 0.5) is 5.69 Å². The van der Waals surface area contributed by atoms with Crippen LogP contribution in [0.15, 0.2) is 47.6 Å². The molecule has 3 aromatic rings. The Balaban J connectivity index is 1.74. The van der Waals surface area contributed by atoms with E-state index >= 15 is 0 Å². The molecule has 26 heavy (non-hydrogen) atoms. The average Bonchev–Trinajstić information content (AvgIpc) is 3.05. The number of hydrogen-bond acceptors (Lipinski definition) is 5. The van der Waals surface area contributed by atoms with Crippen molar-refractivity contribution in [1.82, 2.24) is 20.2 Å². The fourth-order valence-electron chi connectivity index (χ4n) is 2.24. The number of aryl methyl sites for hydroxylation is 1. The smallest absolute Gasteiger partial charge is 0.237 e. The van der Waals surface area contributed by atoms with Crippen LogP contribution in [0.1, 0.15) is 12.5 Å². The van der Waals surface area contributed by atoms with Crippen LogP contribution in [0.25, 0.3) is 5.69 Å². The number of para-hydroxylation sites is 1. The molecule has 0 radical (unpaired) electrons. The van der Waals surface area contributed by atoms with Gasteiger partial charge in [-0.1, -0.05) is 53.2 Å². The first kappa shape index (κ1) is 18.7. The van der Waals surface area contributed by atoms with Gasteiger partial charge >= 0.3 is 0 Å². The van der Waals surface area contributed by atoms with Gasteiger partial charge in [-0.15, -0.1) is 5.10 Å². The van der Waals surface area contributed by atoms with E-state index in [4.69, 9.17) is 23.2 Å². The highest BCUT2D eigenvalue weighted by Crippen LogP contribution is 2.28. The molecule has 9 heteroatoms. The van der Waals surface area contributed by atoms with Gasteiger partial charge in [-0.2, -0.15) is 4.68 Å². The van der Waals surface area contributed by atoms with E-state index in [1.165, 1.54) is 11.8 Å². The number of benzene rings is 2. The van der Waals surface area contributed by atoms with E-state index in [9.17, 15) is 4.79 Å². The third kappa shape index (κ3) is 4.17. The third-order valence-corrected chi connectivity index (χ3v) is 5.21. The summed E-state index contributed by atoms with van der Waals surface area (Å²) in [5, 5.41) is 15.6. The first-order valence-electron chi connectivity index (χ1n) is 7.72. The van der Waals surface area contributed by atoms with Crippen LogP contribution < -0.4 is 5.32 Å². The highest BCUT2D eigenvalue weighted by Gasteiger charge is 2.20. The molecule has 1 amide bonds. The molecule has 0 aliphatic carbocycles. The summed E-state index contributed by atoms with van der Waals surface area (Å²) in [6.45, 7) is 3.75. The van der Waals surface area contributed by atoms with Crippen molar-refractivity contribution in [3.8, 4) is 5.69 Å². The van der Waals surface area contributed by atoms with Crippen molar-refractivity contribution in [2.45, 2.75) is 24.3 Å². The van der Waals surface area contributed by atoms with E-state index in [2.05, 4.69) is 20.8 Å². The number of tetrazole rings is 1. The summed E-state index contributed by atoms with van der Waals surface area (Å²) in [6.07, 6.45) is 0.